The number of benzene rings is 1. The summed E-state index contributed by atoms with van der Waals surface area (Å²) in [6, 6.07) is 4.27. The lowest BCUT2D eigenvalue weighted by Gasteiger charge is -2.06. The molecule has 0 saturated carbocycles. The molecule has 2 heterocycles. The number of anilines is 1. The molecule has 0 atom stereocenters. The predicted molar refractivity (Wildman–Crippen MR) is 70.2 cm³/mol. The Balaban J connectivity index is 2.04. The minimum absolute atomic E-state index is 0.328. The van der Waals surface area contributed by atoms with Crippen molar-refractivity contribution < 1.29 is 4.39 Å². The van der Waals surface area contributed by atoms with E-state index in [9.17, 15) is 4.39 Å². The first-order valence-electron chi connectivity index (χ1n) is 5.50. The van der Waals surface area contributed by atoms with Crippen molar-refractivity contribution in [3.05, 3.63) is 47.3 Å². The van der Waals surface area contributed by atoms with E-state index in [1.807, 2.05) is 0 Å². The van der Waals surface area contributed by atoms with Crippen LogP contribution in [-0.2, 0) is 6.54 Å². The van der Waals surface area contributed by atoms with E-state index in [1.165, 1.54) is 18.5 Å². The van der Waals surface area contributed by atoms with Crippen LogP contribution in [0.2, 0.25) is 5.02 Å². The van der Waals surface area contributed by atoms with Gasteiger partial charge >= 0.3 is 0 Å². The van der Waals surface area contributed by atoms with Crippen LogP contribution >= 0.6 is 11.6 Å². The van der Waals surface area contributed by atoms with Gasteiger partial charge in [-0.2, -0.15) is 0 Å². The van der Waals surface area contributed by atoms with Gasteiger partial charge in [0.05, 0.1) is 12.9 Å². The van der Waals surface area contributed by atoms with Gasteiger partial charge in [0.2, 0.25) is 0 Å². The largest absolute Gasteiger partial charge is 0.382 e. The molecule has 1 aromatic carbocycles. The quantitative estimate of drug-likeness (QED) is 0.780. The summed E-state index contributed by atoms with van der Waals surface area (Å²) in [7, 11) is 0. The predicted octanol–water partition coefficient (Wildman–Crippen LogP) is 2.25. The molecule has 3 aromatic rings. The molecule has 0 aliphatic carbocycles. The van der Waals surface area contributed by atoms with Crippen molar-refractivity contribution in [2.45, 2.75) is 6.54 Å². The third kappa shape index (κ3) is 2.10. The second kappa shape index (κ2) is 4.47. The number of halogens is 2. The fraction of sp³-hybridized carbons (Fsp3) is 0.0833. The van der Waals surface area contributed by atoms with Gasteiger partial charge in [-0.1, -0.05) is 17.7 Å². The minimum atomic E-state index is -0.365. The molecule has 3 rings (SSSR count). The molecular weight excluding hydrogens is 269 g/mol. The van der Waals surface area contributed by atoms with Crippen molar-refractivity contribution in [2.24, 2.45) is 0 Å². The summed E-state index contributed by atoms with van der Waals surface area (Å²) in [5.41, 5.74) is 7.65. The van der Waals surface area contributed by atoms with Gasteiger partial charge < -0.3 is 10.3 Å². The van der Waals surface area contributed by atoms with Crippen LogP contribution in [0.15, 0.2) is 30.9 Å². The Bertz CT molecular complexity index is 755. The highest BCUT2D eigenvalue weighted by molar-refractivity contribution is 6.31. The lowest BCUT2D eigenvalue weighted by atomic mass is 10.2. The Kier molecular flexibility index (Phi) is 2.79. The molecule has 96 valence electrons. The standard InChI is InChI=1S/C12H9ClFN5/c13-9-3-8(14)2-1-7(9)4-19-6-18-10-11(15)16-5-17-12(10)19/h1-3,5-6H,4H2,(H2,15,16,17). The number of imidazole rings is 1. The summed E-state index contributed by atoms with van der Waals surface area (Å²) < 4.78 is 14.8. The second-order valence-electron chi connectivity index (χ2n) is 4.04. The first kappa shape index (κ1) is 11.9. The van der Waals surface area contributed by atoms with Gasteiger partial charge in [-0.3, -0.25) is 0 Å². The molecular formula is C12H9ClFN5. The monoisotopic (exact) mass is 277 g/mol. The SMILES string of the molecule is Nc1ncnc2c1ncn2Cc1ccc(F)cc1Cl. The summed E-state index contributed by atoms with van der Waals surface area (Å²) in [4.78, 5) is 12.2. The maximum Gasteiger partial charge on any atom is 0.165 e. The number of aromatic nitrogens is 4. The highest BCUT2D eigenvalue weighted by Gasteiger charge is 2.09. The Morgan fingerprint density at radius 3 is 2.89 bits per heavy atom. The fourth-order valence-corrected chi connectivity index (χ4v) is 2.07. The van der Waals surface area contributed by atoms with Gasteiger partial charge in [-0.15, -0.1) is 0 Å². The van der Waals surface area contributed by atoms with Crippen LogP contribution < -0.4 is 5.73 Å². The van der Waals surface area contributed by atoms with E-state index in [-0.39, 0.29) is 5.82 Å². The fourth-order valence-electron chi connectivity index (χ4n) is 1.85. The maximum absolute atomic E-state index is 13.0. The number of nitrogens with zero attached hydrogens (tertiary/aromatic N) is 4. The minimum Gasteiger partial charge on any atom is -0.382 e. The first-order chi connectivity index (χ1) is 9.15. The Morgan fingerprint density at radius 2 is 2.11 bits per heavy atom. The van der Waals surface area contributed by atoms with Gasteiger partial charge in [-0.25, -0.2) is 19.3 Å². The molecule has 19 heavy (non-hydrogen) atoms. The van der Waals surface area contributed by atoms with Crippen LogP contribution in [0, 0.1) is 5.82 Å². The Morgan fingerprint density at radius 1 is 1.26 bits per heavy atom. The molecule has 0 radical (unpaired) electrons. The van der Waals surface area contributed by atoms with Gasteiger partial charge in [0.1, 0.15) is 17.7 Å². The molecule has 0 saturated heterocycles. The molecule has 5 nitrogen and oxygen atoms in total. The van der Waals surface area contributed by atoms with E-state index in [1.54, 1.807) is 17.0 Å². The van der Waals surface area contributed by atoms with Crippen LogP contribution in [0.4, 0.5) is 10.2 Å². The van der Waals surface area contributed by atoms with Crippen LogP contribution in [0.3, 0.4) is 0 Å². The van der Waals surface area contributed by atoms with Gasteiger partial charge in [0.25, 0.3) is 0 Å². The summed E-state index contributed by atoms with van der Waals surface area (Å²) in [5, 5.41) is 0.365. The zero-order chi connectivity index (χ0) is 13.4. The van der Waals surface area contributed by atoms with Crippen molar-refractivity contribution in [3.63, 3.8) is 0 Å². The summed E-state index contributed by atoms with van der Waals surface area (Å²) in [5.74, 6) is -0.0373. The zero-order valence-corrected chi connectivity index (χ0v) is 10.5. The summed E-state index contributed by atoms with van der Waals surface area (Å²) >= 11 is 6.00. The lowest BCUT2D eigenvalue weighted by Crippen LogP contribution is -2.01. The summed E-state index contributed by atoms with van der Waals surface area (Å²) in [6.45, 7) is 0.437. The second-order valence-corrected chi connectivity index (χ2v) is 4.45. The normalized spacial score (nSPS) is 11.1. The van der Waals surface area contributed by atoms with E-state index in [0.29, 0.717) is 28.5 Å². The summed E-state index contributed by atoms with van der Waals surface area (Å²) in [6.07, 6.45) is 2.98. The van der Waals surface area contributed by atoms with E-state index in [0.717, 1.165) is 5.56 Å². The molecule has 0 aliphatic heterocycles. The van der Waals surface area contributed by atoms with Crippen molar-refractivity contribution in [1.29, 1.82) is 0 Å². The van der Waals surface area contributed by atoms with E-state index < -0.39 is 0 Å². The van der Waals surface area contributed by atoms with Crippen LogP contribution in [0.5, 0.6) is 0 Å². The molecule has 0 spiro atoms. The molecule has 0 amide bonds. The van der Waals surface area contributed by atoms with E-state index in [4.69, 9.17) is 17.3 Å². The molecule has 0 aliphatic rings. The smallest absolute Gasteiger partial charge is 0.165 e. The maximum atomic E-state index is 13.0. The average Bonchev–Trinajstić information content (AvgIpc) is 2.78. The Hall–Kier alpha value is -2.21. The lowest BCUT2D eigenvalue weighted by molar-refractivity contribution is 0.626. The van der Waals surface area contributed by atoms with Crippen molar-refractivity contribution in [2.75, 3.05) is 5.73 Å². The van der Waals surface area contributed by atoms with Crippen LogP contribution in [-0.4, -0.2) is 19.5 Å². The first-order valence-corrected chi connectivity index (χ1v) is 5.88. The molecule has 7 heteroatoms. The molecule has 0 bridgehead atoms. The number of hydrogen-bond acceptors (Lipinski definition) is 4. The zero-order valence-electron chi connectivity index (χ0n) is 9.72. The third-order valence-electron chi connectivity index (χ3n) is 2.79. The molecule has 2 N–H and O–H groups in total. The van der Waals surface area contributed by atoms with E-state index >= 15 is 0 Å². The van der Waals surface area contributed by atoms with Crippen molar-refractivity contribution >= 4 is 28.6 Å². The number of hydrogen-bond donors (Lipinski definition) is 1. The highest BCUT2D eigenvalue weighted by Crippen LogP contribution is 2.21. The number of rotatable bonds is 2. The molecule has 2 aromatic heterocycles. The number of fused-ring (bicyclic) bond motifs is 1. The van der Waals surface area contributed by atoms with Gasteiger partial charge in [0.15, 0.2) is 11.5 Å². The van der Waals surface area contributed by atoms with Gasteiger partial charge in [0, 0.05) is 5.02 Å². The van der Waals surface area contributed by atoms with Crippen molar-refractivity contribution in [3.8, 4) is 0 Å². The van der Waals surface area contributed by atoms with Gasteiger partial charge in [-0.05, 0) is 17.7 Å². The highest BCUT2D eigenvalue weighted by atomic mass is 35.5. The number of nitrogen functional groups attached to an aromatic ring is 1. The van der Waals surface area contributed by atoms with Crippen LogP contribution in [0.1, 0.15) is 5.56 Å². The number of nitrogens with two attached hydrogens (primary N) is 1. The van der Waals surface area contributed by atoms with Crippen LogP contribution in [0.25, 0.3) is 11.2 Å². The third-order valence-corrected chi connectivity index (χ3v) is 3.14. The molecule has 0 fully saturated rings. The average molecular weight is 278 g/mol. The van der Waals surface area contributed by atoms with Crippen molar-refractivity contribution in [1.82, 2.24) is 19.5 Å². The molecule has 0 unspecified atom stereocenters. The van der Waals surface area contributed by atoms with E-state index in [2.05, 4.69) is 15.0 Å². The Labute approximate surface area is 112 Å². The topological polar surface area (TPSA) is 69.6 Å².